The molecular formula is C28H55Cl2NOSiTi-2. The summed E-state index contributed by atoms with van der Waals surface area (Å²) in [6.45, 7) is 12.7. The number of nitrogens with zero attached hydrogens (tertiary/aromatic N) is 1. The van der Waals surface area contributed by atoms with Gasteiger partial charge in [-0.05, 0) is 51.4 Å². The predicted molar refractivity (Wildman–Crippen MR) is 152 cm³/mol. The molecule has 202 valence electrons. The Morgan fingerprint density at radius 3 is 2.03 bits per heavy atom. The molecule has 3 fully saturated rings. The van der Waals surface area contributed by atoms with Crippen LogP contribution < -0.4 is 0 Å². The Bertz CT molecular complexity index is 525. The predicted octanol–water partition coefficient (Wildman–Crippen LogP) is 10.7. The zero-order valence-electron chi connectivity index (χ0n) is 23.3. The summed E-state index contributed by atoms with van der Waals surface area (Å²) in [5.41, 5.74) is 1.00. The maximum atomic E-state index is 5.89. The molecule has 3 rings (SSSR count). The van der Waals surface area contributed by atoms with Gasteiger partial charge in [-0.2, -0.15) is 0 Å². The van der Waals surface area contributed by atoms with Gasteiger partial charge in [-0.25, -0.2) is 0 Å². The molecule has 0 radical (unpaired) electrons. The molecule has 0 N–H and O–H groups in total. The van der Waals surface area contributed by atoms with Crippen molar-refractivity contribution in [2.45, 2.75) is 147 Å². The Hall–Kier alpha value is 1.43. The number of ether oxygens (including phenoxy) is 1. The molecule has 0 amide bonds. The van der Waals surface area contributed by atoms with Crippen LogP contribution in [-0.2, 0) is 21.8 Å². The van der Waals surface area contributed by atoms with Gasteiger partial charge >= 0.3 is 35.6 Å². The van der Waals surface area contributed by atoms with Crippen LogP contribution in [0.25, 0.3) is 4.98 Å². The first-order valence-corrected chi connectivity index (χ1v) is 21.3. The summed E-state index contributed by atoms with van der Waals surface area (Å²) < 4.78 is 5.89. The van der Waals surface area contributed by atoms with Gasteiger partial charge in [0.15, 0.2) is 0 Å². The average molecular weight is 569 g/mol. The van der Waals surface area contributed by atoms with Gasteiger partial charge in [-0.1, -0.05) is 110 Å². The van der Waals surface area contributed by atoms with Crippen LogP contribution in [0.3, 0.4) is 0 Å². The van der Waals surface area contributed by atoms with E-state index in [0.29, 0.717) is 0 Å². The molecule has 3 aliphatic carbocycles. The van der Waals surface area contributed by atoms with Crippen LogP contribution in [0.15, 0.2) is 0 Å². The summed E-state index contributed by atoms with van der Waals surface area (Å²) >= 11 is -0.556. The van der Waals surface area contributed by atoms with Crippen molar-refractivity contribution in [2.24, 2.45) is 17.8 Å². The van der Waals surface area contributed by atoms with Crippen LogP contribution in [-0.4, -0.2) is 26.5 Å². The molecule has 3 aliphatic rings. The van der Waals surface area contributed by atoms with Gasteiger partial charge in [0.05, 0.1) is 5.60 Å². The molecule has 0 spiro atoms. The van der Waals surface area contributed by atoms with E-state index < -0.39 is 25.3 Å². The SMILES string of the molecule is CC(C)(C)OCCCCCCC1CC([Si](C)(C)[N-]C2CCCCC2)C2CCCCC12.[CH3-].[Cl][Ti][Cl]. The van der Waals surface area contributed by atoms with Crippen LogP contribution in [0.5, 0.6) is 0 Å². The summed E-state index contributed by atoms with van der Waals surface area (Å²) in [4.78, 5) is 5.65. The Labute approximate surface area is 231 Å². The molecule has 0 aliphatic heterocycles. The minimum absolute atomic E-state index is 0. The molecule has 4 unspecified atom stereocenters. The van der Waals surface area contributed by atoms with Crippen molar-refractivity contribution in [1.82, 2.24) is 0 Å². The zero-order valence-corrected chi connectivity index (χ0v) is 27.4. The van der Waals surface area contributed by atoms with Gasteiger partial charge in [0.1, 0.15) is 0 Å². The van der Waals surface area contributed by atoms with Crippen molar-refractivity contribution in [3.05, 3.63) is 12.4 Å². The third-order valence-electron chi connectivity index (χ3n) is 8.56. The normalized spacial score (nSPS) is 27.9. The molecule has 0 heterocycles. The van der Waals surface area contributed by atoms with Gasteiger partial charge in [0, 0.05) is 6.61 Å². The molecule has 0 aromatic heterocycles. The number of hydrogen-bond donors (Lipinski definition) is 0. The fraction of sp³-hybridized carbons (Fsp3) is 0.964. The van der Waals surface area contributed by atoms with Gasteiger partial charge in [-0.15, -0.1) is 6.04 Å². The number of fused-ring (bicyclic) bond motifs is 1. The molecule has 3 saturated carbocycles. The van der Waals surface area contributed by atoms with E-state index in [9.17, 15) is 0 Å². The first-order valence-electron chi connectivity index (χ1n) is 14.0. The van der Waals surface area contributed by atoms with Gasteiger partial charge in [0.25, 0.3) is 0 Å². The van der Waals surface area contributed by atoms with E-state index in [0.717, 1.165) is 35.9 Å². The van der Waals surface area contributed by atoms with E-state index in [1.807, 2.05) is 0 Å². The number of unbranched alkanes of at least 4 members (excludes halogenated alkanes) is 3. The second-order valence-electron chi connectivity index (χ2n) is 12.5. The van der Waals surface area contributed by atoms with Crippen molar-refractivity contribution < 1.29 is 21.8 Å². The number of hydrogen-bond acceptors (Lipinski definition) is 1. The van der Waals surface area contributed by atoms with Crippen molar-refractivity contribution in [3.8, 4) is 0 Å². The molecule has 6 heteroatoms. The fourth-order valence-electron chi connectivity index (χ4n) is 7.11. The topological polar surface area (TPSA) is 23.3 Å². The molecule has 34 heavy (non-hydrogen) atoms. The Morgan fingerprint density at radius 2 is 1.41 bits per heavy atom. The van der Waals surface area contributed by atoms with E-state index in [1.165, 1.54) is 96.3 Å². The Morgan fingerprint density at radius 1 is 0.853 bits per heavy atom. The molecular weight excluding hydrogens is 513 g/mol. The quantitative estimate of drug-likeness (QED) is 0.146. The van der Waals surface area contributed by atoms with Crippen molar-refractivity contribution >= 4 is 26.8 Å². The molecule has 4 atom stereocenters. The third-order valence-corrected chi connectivity index (χ3v) is 12.1. The molecule has 0 bridgehead atoms. The van der Waals surface area contributed by atoms with Gasteiger partial charge in [-0.3, -0.25) is 0 Å². The van der Waals surface area contributed by atoms with Gasteiger partial charge < -0.3 is 17.1 Å². The second kappa shape index (κ2) is 17.1. The van der Waals surface area contributed by atoms with Gasteiger partial charge in [0.2, 0.25) is 0 Å². The van der Waals surface area contributed by atoms with E-state index in [2.05, 4.69) is 33.9 Å². The van der Waals surface area contributed by atoms with Crippen molar-refractivity contribution in [3.63, 3.8) is 0 Å². The van der Waals surface area contributed by atoms with Crippen LogP contribution in [0.1, 0.15) is 117 Å². The number of halogens is 2. The van der Waals surface area contributed by atoms with Crippen LogP contribution in [0, 0.1) is 25.2 Å². The van der Waals surface area contributed by atoms with Crippen molar-refractivity contribution in [2.75, 3.05) is 6.61 Å². The first kappa shape index (κ1) is 33.5. The van der Waals surface area contributed by atoms with E-state index in [1.54, 1.807) is 0 Å². The average Bonchev–Trinajstić information content (AvgIpc) is 3.13. The maximum absolute atomic E-state index is 5.89. The molecule has 0 saturated heterocycles. The van der Waals surface area contributed by atoms with Crippen LogP contribution >= 0.6 is 18.6 Å². The van der Waals surface area contributed by atoms with Crippen LogP contribution in [0.2, 0.25) is 18.6 Å². The van der Waals surface area contributed by atoms with E-state index in [4.69, 9.17) is 28.3 Å². The molecule has 0 aromatic carbocycles. The molecule has 2 nitrogen and oxygen atoms in total. The summed E-state index contributed by atoms with van der Waals surface area (Å²) in [6, 6.07) is 0.719. The fourth-order valence-corrected chi connectivity index (χ4v) is 10.8. The summed E-state index contributed by atoms with van der Waals surface area (Å²) in [5.74, 6) is 3.08. The summed E-state index contributed by atoms with van der Waals surface area (Å²) in [6.07, 6.45) is 21.6. The summed E-state index contributed by atoms with van der Waals surface area (Å²) in [5, 5.41) is 0. The number of rotatable bonds is 10. The van der Waals surface area contributed by atoms with E-state index in [-0.39, 0.29) is 13.0 Å². The minimum atomic E-state index is -1.48. The standard InChI is InChI=1S/C27H52NOSi.CH3.2ClH.Ti/c1-27(2,3)29-20-14-7-6-9-15-22-21-26(25-19-13-12-18-24(22)25)30(4,5)28-23-16-10-8-11-17-23;;;;/h22-26H,6-21H2,1-5H3;1H3;2*1H;/q2*-1;;;+2/p-2. The summed E-state index contributed by atoms with van der Waals surface area (Å²) in [7, 11) is 8.30. The van der Waals surface area contributed by atoms with E-state index >= 15 is 0 Å². The molecule has 0 aromatic rings. The second-order valence-corrected chi connectivity index (χ2v) is 19.4. The monoisotopic (exact) mass is 567 g/mol. The Balaban J connectivity index is 0.00000137. The zero-order chi connectivity index (χ0) is 24.3. The third kappa shape index (κ3) is 11.9. The van der Waals surface area contributed by atoms with Crippen molar-refractivity contribution in [1.29, 1.82) is 0 Å². The Kier molecular flexibility index (Phi) is 16.8. The first-order chi connectivity index (χ1) is 15.7. The van der Waals surface area contributed by atoms with Crippen LogP contribution in [0.4, 0.5) is 0 Å².